The normalized spacial score (nSPS) is 23.9. The van der Waals surface area contributed by atoms with Gasteiger partial charge in [0.15, 0.2) is 0 Å². The maximum Gasteiger partial charge on any atom is 0.128 e. The molecule has 0 amide bonds. The topological polar surface area (TPSA) is 48.4 Å². The van der Waals surface area contributed by atoms with Crippen LogP contribution in [0.4, 0.5) is 5.82 Å². The van der Waals surface area contributed by atoms with Crippen LogP contribution in [0.3, 0.4) is 0 Å². The number of rotatable bonds is 4. The van der Waals surface area contributed by atoms with Gasteiger partial charge < -0.3 is 15.3 Å². The number of nitrogens with one attached hydrogen (secondary N) is 1. The Balaban J connectivity index is 1.95. The summed E-state index contributed by atoms with van der Waals surface area (Å²) < 4.78 is 0. The van der Waals surface area contributed by atoms with E-state index < -0.39 is 5.60 Å². The SMILES string of the molecule is CC(C)NCc1ccc(N2CCCC(C)(O)CC2)nc1. The molecule has 1 aliphatic rings. The zero-order valence-electron chi connectivity index (χ0n) is 12.9. The van der Waals surface area contributed by atoms with Crippen molar-refractivity contribution in [2.24, 2.45) is 0 Å². The van der Waals surface area contributed by atoms with Gasteiger partial charge in [0.05, 0.1) is 5.60 Å². The highest BCUT2D eigenvalue weighted by atomic mass is 16.3. The minimum Gasteiger partial charge on any atom is -0.390 e. The molecular formula is C16H27N3O. The molecule has 2 N–H and O–H groups in total. The summed E-state index contributed by atoms with van der Waals surface area (Å²) in [6.07, 6.45) is 4.66. The van der Waals surface area contributed by atoms with Crippen LogP contribution in [0.15, 0.2) is 18.3 Å². The lowest BCUT2D eigenvalue weighted by atomic mass is 9.98. The van der Waals surface area contributed by atoms with E-state index in [4.69, 9.17) is 0 Å². The lowest BCUT2D eigenvalue weighted by Crippen LogP contribution is -2.28. The molecular weight excluding hydrogens is 250 g/mol. The summed E-state index contributed by atoms with van der Waals surface area (Å²) in [6.45, 7) is 8.94. The fraction of sp³-hybridized carbons (Fsp3) is 0.688. The molecule has 1 atom stereocenters. The standard InChI is InChI=1S/C16H27N3O/c1-13(2)17-11-14-5-6-15(18-12-14)19-9-4-7-16(3,20)8-10-19/h5-6,12-13,17,20H,4,7-11H2,1-3H3. The number of aliphatic hydroxyl groups is 1. The van der Waals surface area contributed by atoms with Gasteiger partial charge in [-0.15, -0.1) is 0 Å². The van der Waals surface area contributed by atoms with Gasteiger partial charge in [-0.2, -0.15) is 0 Å². The Bertz CT molecular complexity index is 414. The number of pyridine rings is 1. The van der Waals surface area contributed by atoms with Crippen LogP contribution in [0, 0.1) is 0 Å². The molecule has 1 aromatic heterocycles. The summed E-state index contributed by atoms with van der Waals surface area (Å²) in [5.74, 6) is 1.02. The highest BCUT2D eigenvalue weighted by Gasteiger charge is 2.25. The summed E-state index contributed by atoms with van der Waals surface area (Å²) in [5.41, 5.74) is 0.694. The fourth-order valence-electron chi connectivity index (χ4n) is 2.52. The molecule has 4 heteroatoms. The third-order valence-electron chi connectivity index (χ3n) is 3.91. The second-order valence-corrected chi connectivity index (χ2v) is 6.40. The van der Waals surface area contributed by atoms with Gasteiger partial charge in [0.1, 0.15) is 5.82 Å². The van der Waals surface area contributed by atoms with Gasteiger partial charge in [0.25, 0.3) is 0 Å². The molecule has 4 nitrogen and oxygen atoms in total. The van der Waals surface area contributed by atoms with E-state index in [1.54, 1.807) is 0 Å². The van der Waals surface area contributed by atoms with Crippen LogP contribution in [0.2, 0.25) is 0 Å². The monoisotopic (exact) mass is 277 g/mol. The molecule has 0 bridgehead atoms. The molecule has 0 aliphatic carbocycles. The van der Waals surface area contributed by atoms with Crippen molar-refractivity contribution < 1.29 is 5.11 Å². The van der Waals surface area contributed by atoms with Crippen LogP contribution in [-0.2, 0) is 6.54 Å². The van der Waals surface area contributed by atoms with Gasteiger partial charge >= 0.3 is 0 Å². The van der Waals surface area contributed by atoms with Crippen molar-refractivity contribution in [1.29, 1.82) is 0 Å². The molecule has 1 aliphatic heterocycles. The first-order valence-electron chi connectivity index (χ1n) is 7.62. The predicted octanol–water partition coefficient (Wildman–Crippen LogP) is 2.32. The molecule has 1 unspecified atom stereocenters. The molecule has 0 aromatic carbocycles. The minimum absolute atomic E-state index is 0.488. The third kappa shape index (κ3) is 4.46. The van der Waals surface area contributed by atoms with Crippen LogP contribution in [0.25, 0.3) is 0 Å². The smallest absolute Gasteiger partial charge is 0.128 e. The van der Waals surface area contributed by atoms with Crippen LogP contribution in [0.1, 0.15) is 45.6 Å². The average Bonchev–Trinajstić information content (AvgIpc) is 2.58. The quantitative estimate of drug-likeness (QED) is 0.887. The summed E-state index contributed by atoms with van der Waals surface area (Å²) in [7, 11) is 0. The van der Waals surface area contributed by atoms with Crippen molar-refractivity contribution in [3.63, 3.8) is 0 Å². The Labute approximate surface area is 122 Å². The predicted molar refractivity (Wildman–Crippen MR) is 82.9 cm³/mol. The van der Waals surface area contributed by atoms with Gasteiger partial charge in [-0.25, -0.2) is 4.98 Å². The Morgan fingerprint density at radius 2 is 2.15 bits per heavy atom. The summed E-state index contributed by atoms with van der Waals surface area (Å²) in [5, 5.41) is 13.5. The van der Waals surface area contributed by atoms with Crippen LogP contribution < -0.4 is 10.2 Å². The number of aromatic nitrogens is 1. The van der Waals surface area contributed by atoms with E-state index in [1.165, 1.54) is 5.56 Å². The first-order chi connectivity index (χ1) is 9.46. The second kappa shape index (κ2) is 6.55. The van der Waals surface area contributed by atoms with E-state index in [2.05, 4.69) is 41.2 Å². The molecule has 0 radical (unpaired) electrons. The van der Waals surface area contributed by atoms with E-state index in [1.807, 2.05) is 13.1 Å². The Kier molecular flexibility index (Phi) is 5.00. The van der Waals surface area contributed by atoms with Gasteiger partial charge in [0.2, 0.25) is 0 Å². The first-order valence-corrected chi connectivity index (χ1v) is 7.62. The Morgan fingerprint density at radius 1 is 1.35 bits per heavy atom. The van der Waals surface area contributed by atoms with Crippen molar-refractivity contribution in [2.45, 2.75) is 58.2 Å². The van der Waals surface area contributed by atoms with Crippen molar-refractivity contribution >= 4 is 5.82 Å². The van der Waals surface area contributed by atoms with Gasteiger partial charge in [-0.1, -0.05) is 19.9 Å². The number of hydrogen-bond acceptors (Lipinski definition) is 4. The Hall–Kier alpha value is -1.13. The van der Waals surface area contributed by atoms with Crippen molar-refractivity contribution in [3.05, 3.63) is 23.9 Å². The Morgan fingerprint density at radius 3 is 2.80 bits per heavy atom. The highest BCUT2D eigenvalue weighted by Crippen LogP contribution is 2.24. The van der Waals surface area contributed by atoms with Crippen LogP contribution in [0.5, 0.6) is 0 Å². The molecule has 1 aromatic rings. The minimum atomic E-state index is -0.518. The maximum absolute atomic E-state index is 10.1. The molecule has 0 spiro atoms. The molecule has 1 fully saturated rings. The van der Waals surface area contributed by atoms with Gasteiger partial charge in [-0.3, -0.25) is 0 Å². The van der Waals surface area contributed by atoms with E-state index in [-0.39, 0.29) is 0 Å². The lowest BCUT2D eigenvalue weighted by Gasteiger charge is -2.23. The van der Waals surface area contributed by atoms with Gasteiger partial charge in [0, 0.05) is 31.9 Å². The molecule has 2 heterocycles. The van der Waals surface area contributed by atoms with Crippen molar-refractivity contribution in [2.75, 3.05) is 18.0 Å². The van der Waals surface area contributed by atoms with Crippen molar-refractivity contribution in [1.82, 2.24) is 10.3 Å². The maximum atomic E-state index is 10.1. The third-order valence-corrected chi connectivity index (χ3v) is 3.91. The molecule has 0 saturated carbocycles. The number of hydrogen-bond donors (Lipinski definition) is 2. The molecule has 112 valence electrons. The van der Waals surface area contributed by atoms with Crippen molar-refractivity contribution in [3.8, 4) is 0 Å². The average molecular weight is 277 g/mol. The van der Waals surface area contributed by atoms with E-state index >= 15 is 0 Å². The highest BCUT2D eigenvalue weighted by molar-refractivity contribution is 5.39. The summed E-state index contributed by atoms with van der Waals surface area (Å²) in [4.78, 5) is 6.85. The number of anilines is 1. The fourth-order valence-corrected chi connectivity index (χ4v) is 2.52. The summed E-state index contributed by atoms with van der Waals surface area (Å²) in [6, 6.07) is 4.72. The molecule has 1 saturated heterocycles. The van der Waals surface area contributed by atoms with E-state index in [0.717, 1.165) is 44.7 Å². The second-order valence-electron chi connectivity index (χ2n) is 6.40. The zero-order valence-corrected chi connectivity index (χ0v) is 12.9. The zero-order chi connectivity index (χ0) is 14.6. The molecule has 20 heavy (non-hydrogen) atoms. The largest absolute Gasteiger partial charge is 0.390 e. The van der Waals surface area contributed by atoms with Gasteiger partial charge in [-0.05, 0) is 37.8 Å². The number of nitrogens with zero attached hydrogens (tertiary/aromatic N) is 2. The van der Waals surface area contributed by atoms with E-state index in [9.17, 15) is 5.11 Å². The van der Waals surface area contributed by atoms with E-state index in [0.29, 0.717) is 6.04 Å². The lowest BCUT2D eigenvalue weighted by molar-refractivity contribution is 0.0481. The summed E-state index contributed by atoms with van der Waals surface area (Å²) >= 11 is 0. The molecule has 2 rings (SSSR count). The van der Waals surface area contributed by atoms with Crippen LogP contribution >= 0.6 is 0 Å². The first kappa shape index (κ1) is 15.3. The van der Waals surface area contributed by atoms with Crippen LogP contribution in [-0.4, -0.2) is 34.8 Å².